The molecule has 1 aromatic rings. The van der Waals surface area contributed by atoms with E-state index in [0.717, 1.165) is 12.8 Å². The van der Waals surface area contributed by atoms with E-state index in [2.05, 4.69) is 44.2 Å². The van der Waals surface area contributed by atoms with E-state index in [1.807, 2.05) is 6.07 Å². The minimum Gasteiger partial charge on any atom is -0.313 e. The average molecular weight is 216 g/mol. The molecule has 0 amide bonds. The first-order valence-corrected chi connectivity index (χ1v) is 5.75. The van der Waals surface area contributed by atoms with Crippen molar-refractivity contribution in [3.05, 3.63) is 42.0 Å². The first kappa shape index (κ1) is 11.4. The second kappa shape index (κ2) is 3.72. The van der Waals surface area contributed by atoms with Crippen LogP contribution in [0.25, 0.3) is 5.57 Å². The summed E-state index contributed by atoms with van der Waals surface area (Å²) in [5.41, 5.74) is 14.2. The standard InChI is InChI=1S/C14H20N2/c1-13(2)10-14(15,16)9-8-12(13)11-6-4-3-5-7-11/h3-8H,9-10,15-16H2,1-2H3. The normalized spacial score (nSPS) is 22.6. The molecule has 4 N–H and O–H groups in total. The van der Waals surface area contributed by atoms with E-state index in [0.29, 0.717) is 0 Å². The molecule has 0 spiro atoms. The molecule has 2 nitrogen and oxygen atoms in total. The van der Waals surface area contributed by atoms with E-state index in [1.54, 1.807) is 0 Å². The number of hydrogen-bond donors (Lipinski definition) is 2. The molecule has 1 aromatic carbocycles. The van der Waals surface area contributed by atoms with Crippen molar-refractivity contribution in [2.45, 2.75) is 32.4 Å². The lowest BCUT2D eigenvalue weighted by atomic mass is 9.69. The van der Waals surface area contributed by atoms with E-state index in [4.69, 9.17) is 11.5 Å². The lowest BCUT2D eigenvalue weighted by molar-refractivity contribution is 0.285. The van der Waals surface area contributed by atoms with Crippen molar-refractivity contribution in [3.63, 3.8) is 0 Å². The Labute approximate surface area is 97.3 Å². The molecule has 0 unspecified atom stereocenters. The number of benzene rings is 1. The van der Waals surface area contributed by atoms with Gasteiger partial charge in [0.2, 0.25) is 0 Å². The Morgan fingerprint density at radius 2 is 1.69 bits per heavy atom. The summed E-state index contributed by atoms with van der Waals surface area (Å²) in [7, 11) is 0. The summed E-state index contributed by atoms with van der Waals surface area (Å²) < 4.78 is 0. The van der Waals surface area contributed by atoms with Crippen LogP contribution in [0.5, 0.6) is 0 Å². The predicted molar refractivity (Wildman–Crippen MR) is 68.5 cm³/mol. The van der Waals surface area contributed by atoms with Crippen LogP contribution >= 0.6 is 0 Å². The Balaban J connectivity index is 2.39. The van der Waals surface area contributed by atoms with E-state index in [-0.39, 0.29) is 5.41 Å². The minimum absolute atomic E-state index is 0.0447. The molecule has 0 radical (unpaired) electrons. The summed E-state index contributed by atoms with van der Waals surface area (Å²) in [6.07, 6.45) is 3.76. The van der Waals surface area contributed by atoms with Crippen LogP contribution in [0.4, 0.5) is 0 Å². The monoisotopic (exact) mass is 216 g/mol. The van der Waals surface area contributed by atoms with E-state index in [1.165, 1.54) is 11.1 Å². The molecule has 0 aromatic heterocycles. The molecule has 2 rings (SSSR count). The van der Waals surface area contributed by atoms with Gasteiger partial charge in [-0.25, -0.2) is 0 Å². The molecule has 0 heterocycles. The average Bonchev–Trinajstić information content (AvgIpc) is 2.16. The maximum atomic E-state index is 6.03. The molecule has 0 saturated carbocycles. The molecule has 0 fully saturated rings. The van der Waals surface area contributed by atoms with Gasteiger partial charge in [0.05, 0.1) is 5.66 Å². The second-order valence-corrected chi connectivity index (χ2v) is 5.48. The first-order chi connectivity index (χ1) is 7.41. The van der Waals surface area contributed by atoms with Gasteiger partial charge in [-0.2, -0.15) is 0 Å². The molecule has 1 aliphatic rings. The summed E-state index contributed by atoms with van der Waals surface area (Å²) in [5, 5.41) is 0. The van der Waals surface area contributed by atoms with Crippen LogP contribution in [0, 0.1) is 5.41 Å². The molecule has 2 heteroatoms. The van der Waals surface area contributed by atoms with Crippen LogP contribution in [0.1, 0.15) is 32.3 Å². The van der Waals surface area contributed by atoms with Crippen molar-refractivity contribution in [1.82, 2.24) is 0 Å². The molecule has 1 aliphatic carbocycles. The van der Waals surface area contributed by atoms with Gasteiger partial charge in [-0.15, -0.1) is 0 Å². The van der Waals surface area contributed by atoms with Crippen molar-refractivity contribution in [1.29, 1.82) is 0 Å². The van der Waals surface area contributed by atoms with Crippen LogP contribution in [-0.4, -0.2) is 5.66 Å². The van der Waals surface area contributed by atoms with Gasteiger partial charge in [-0.05, 0) is 29.4 Å². The van der Waals surface area contributed by atoms with Crippen LogP contribution in [0.2, 0.25) is 0 Å². The van der Waals surface area contributed by atoms with Crippen molar-refractivity contribution >= 4 is 5.57 Å². The van der Waals surface area contributed by atoms with Gasteiger partial charge >= 0.3 is 0 Å². The number of nitrogens with two attached hydrogens (primary N) is 2. The summed E-state index contributed by atoms with van der Waals surface area (Å²) in [6.45, 7) is 4.42. The van der Waals surface area contributed by atoms with Crippen LogP contribution in [0.15, 0.2) is 36.4 Å². The molecule has 16 heavy (non-hydrogen) atoms. The summed E-state index contributed by atoms with van der Waals surface area (Å²) in [6, 6.07) is 10.5. The Bertz CT molecular complexity index is 402. The maximum absolute atomic E-state index is 6.03. The number of rotatable bonds is 1. The Hall–Kier alpha value is -1.12. The van der Waals surface area contributed by atoms with Gasteiger partial charge in [0, 0.05) is 0 Å². The van der Waals surface area contributed by atoms with Crippen molar-refractivity contribution in [2.75, 3.05) is 0 Å². The van der Waals surface area contributed by atoms with Gasteiger partial charge < -0.3 is 11.5 Å². The minimum atomic E-state index is -0.554. The highest BCUT2D eigenvalue weighted by Gasteiger charge is 2.36. The molecule has 0 aliphatic heterocycles. The van der Waals surface area contributed by atoms with Crippen LogP contribution in [-0.2, 0) is 0 Å². The fourth-order valence-corrected chi connectivity index (χ4v) is 2.68. The topological polar surface area (TPSA) is 52.0 Å². The predicted octanol–water partition coefficient (Wildman–Crippen LogP) is 2.50. The summed E-state index contributed by atoms with van der Waals surface area (Å²) in [5.74, 6) is 0. The van der Waals surface area contributed by atoms with Gasteiger partial charge in [0.25, 0.3) is 0 Å². The van der Waals surface area contributed by atoms with Crippen molar-refractivity contribution < 1.29 is 0 Å². The molecule has 86 valence electrons. The van der Waals surface area contributed by atoms with Crippen molar-refractivity contribution in [3.8, 4) is 0 Å². The molecule has 0 bridgehead atoms. The van der Waals surface area contributed by atoms with Gasteiger partial charge in [-0.1, -0.05) is 50.3 Å². The van der Waals surface area contributed by atoms with Gasteiger partial charge in [-0.3, -0.25) is 0 Å². The van der Waals surface area contributed by atoms with E-state index >= 15 is 0 Å². The lowest BCUT2D eigenvalue weighted by Gasteiger charge is -2.40. The summed E-state index contributed by atoms with van der Waals surface area (Å²) >= 11 is 0. The smallest absolute Gasteiger partial charge is 0.0680 e. The molecule has 0 atom stereocenters. The quantitative estimate of drug-likeness (QED) is 0.709. The van der Waals surface area contributed by atoms with E-state index < -0.39 is 5.66 Å². The van der Waals surface area contributed by atoms with Crippen LogP contribution in [0.3, 0.4) is 0 Å². The molecule has 0 saturated heterocycles. The zero-order valence-corrected chi connectivity index (χ0v) is 10.0. The number of allylic oxidation sites excluding steroid dienone is 1. The highest BCUT2D eigenvalue weighted by molar-refractivity contribution is 5.70. The van der Waals surface area contributed by atoms with E-state index in [9.17, 15) is 0 Å². The van der Waals surface area contributed by atoms with Crippen molar-refractivity contribution in [2.24, 2.45) is 16.9 Å². The van der Waals surface area contributed by atoms with Crippen LogP contribution < -0.4 is 11.5 Å². The zero-order chi connectivity index (χ0) is 11.8. The first-order valence-electron chi connectivity index (χ1n) is 5.75. The van der Waals surface area contributed by atoms with Gasteiger partial charge in [0.1, 0.15) is 0 Å². The number of hydrogen-bond acceptors (Lipinski definition) is 2. The third kappa shape index (κ3) is 2.18. The third-order valence-electron chi connectivity index (χ3n) is 3.27. The fourth-order valence-electron chi connectivity index (χ4n) is 2.68. The second-order valence-electron chi connectivity index (χ2n) is 5.48. The fraction of sp³-hybridized carbons (Fsp3) is 0.429. The van der Waals surface area contributed by atoms with Gasteiger partial charge in [0.15, 0.2) is 0 Å². The molecular formula is C14H20N2. The summed E-state index contributed by atoms with van der Waals surface area (Å²) in [4.78, 5) is 0. The Kier molecular flexibility index (Phi) is 2.64. The highest BCUT2D eigenvalue weighted by atomic mass is 15.0. The third-order valence-corrected chi connectivity index (χ3v) is 3.27. The lowest BCUT2D eigenvalue weighted by Crippen LogP contribution is -2.53. The zero-order valence-electron chi connectivity index (χ0n) is 10.0. The highest BCUT2D eigenvalue weighted by Crippen LogP contribution is 2.43. The SMILES string of the molecule is CC1(C)CC(N)(N)CC=C1c1ccccc1. The largest absolute Gasteiger partial charge is 0.313 e. The molecular weight excluding hydrogens is 196 g/mol. The Morgan fingerprint density at radius 3 is 2.25 bits per heavy atom. The maximum Gasteiger partial charge on any atom is 0.0680 e. The Morgan fingerprint density at radius 1 is 1.06 bits per heavy atom.